The van der Waals surface area contributed by atoms with Gasteiger partial charge in [-0.15, -0.1) is 0 Å². The van der Waals surface area contributed by atoms with E-state index < -0.39 is 0 Å². The SMILES string of the molecule is C[NH+]1CCN(c2ccccc2NC(=S)NCc2ccccc2)CC1. The van der Waals surface area contributed by atoms with Crippen molar-refractivity contribution in [2.75, 3.05) is 43.4 Å². The van der Waals surface area contributed by atoms with Gasteiger partial charge in [-0.25, -0.2) is 0 Å². The van der Waals surface area contributed by atoms with Crippen LogP contribution in [0.15, 0.2) is 54.6 Å². The average molecular weight is 342 g/mol. The minimum Gasteiger partial charge on any atom is -0.359 e. The molecule has 0 amide bonds. The molecule has 1 fully saturated rings. The normalized spacial score (nSPS) is 15.1. The summed E-state index contributed by atoms with van der Waals surface area (Å²) in [5.74, 6) is 0. The summed E-state index contributed by atoms with van der Waals surface area (Å²) in [5, 5.41) is 7.30. The summed E-state index contributed by atoms with van der Waals surface area (Å²) >= 11 is 5.47. The molecule has 4 nitrogen and oxygen atoms in total. The Hall–Kier alpha value is -2.11. The van der Waals surface area contributed by atoms with Gasteiger partial charge in [0.2, 0.25) is 0 Å². The topological polar surface area (TPSA) is 31.7 Å². The average Bonchev–Trinajstić information content (AvgIpc) is 2.62. The second-order valence-corrected chi connectivity index (χ2v) is 6.66. The number of benzene rings is 2. The first kappa shape index (κ1) is 16.7. The third kappa shape index (κ3) is 4.46. The maximum absolute atomic E-state index is 5.47. The van der Waals surface area contributed by atoms with Gasteiger partial charge in [0.25, 0.3) is 0 Å². The van der Waals surface area contributed by atoms with Crippen molar-refractivity contribution in [1.82, 2.24) is 5.32 Å². The molecule has 1 heterocycles. The van der Waals surface area contributed by atoms with Gasteiger partial charge in [0.05, 0.1) is 44.6 Å². The Balaban J connectivity index is 1.61. The van der Waals surface area contributed by atoms with Crippen LogP contribution in [0.4, 0.5) is 11.4 Å². The predicted octanol–water partition coefficient (Wildman–Crippen LogP) is 1.51. The minimum atomic E-state index is 0.658. The van der Waals surface area contributed by atoms with Crippen molar-refractivity contribution in [1.29, 1.82) is 0 Å². The van der Waals surface area contributed by atoms with E-state index in [4.69, 9.17) is 12.2 Å². The Labute approximate surface area is 149 Å². The third-order valence-electron chi connectivity index (χ3n) is 4.41. The van der Waals surface area contributed by atoms with E-state index in [-0.39, 0.29) is 0 Å². The lowest BCUT2D eigenvalue weighted by atomic mass is 10.2. The lowest BCUT2D eigenvalue weighted by Gasteiger charge is -2.33. The van der Waals surface area contributed by atoms with Crippen LogP contribution in [-0.2, 0) is 6.54 Å². The van der Waals surface area contributed by atoms with Crippen molar-refractivity contribution in [3.05, 3.63) is 60.2 Å². The highest BCUT2D eigenvalue weighted by Gasteiger charge is 2.19. The quantitative estimate of drug-likeness (QED) is 0.736. The highest BCUT2D eigenvalue weighted by molar-refractivity contribution is 7.80. The highest BCUT2D eigenvalue weighted by Crippen LogP contribution is 2.25. The zero-order chi connectivity index (χ0) is 16.8. The molecule has 0 aliphatic carbocycles. The van der Waals surface area contributed by atoms with Crippen LogP contribution in [0.25, 0.3) is 0 Å². The summed E-state index contributed by atoms with van der Waals surface area (Å²) in [7, 11) is 2.25. The molecule has 0 atom stereocenters. The Morgan fingerprint density at radius 2 is 1.71 bits per heavy atom. The minimum absolute atomic E-state index is 0.658. The van der Waals surface area contributed by atoms with E-state index in [1.807, 2.05) is 24.3 Å². The van der Waals surface area contributed by atoms with Crippen LogP contribution < -0.4 is 20.4 Å². The van der Waals surface area contributed by atoms with E-state index in [9.17, 15) is 0 Å². The number of hydrogen-bond donors (Lipinski definition) is 3. The number of piperazine rings is 1. The van der Waals surface area contributed by atoms with Gasteiger partial charge in [-0.05, 0) is 29.9 Å². The molecular weight excluding hydrogens is 316 g/mol. The fourth-order valence-electron chi connectivity index (χ4n) is 2.93. The van der Waals surface area contributed by atoms with E-state index in [2.05, 4.69) is 52.9 Å². The Bertz CT molecular complexity index is 666. The zero-order valence-electron chi connectivity index (χ0n) is 14.1. The van der Waals surface area contributed by atoms with E-state index in [1.54, 1.807) is 4.90 Å². The Kier molecular flexibility index (Phi) is 5.67. The molecule has 0 spiro atoms. The standard InChI is InChI=1S/C19H24N4S/c1-22-11-13-23(14-12-22)18-10-6-5-9-17(18)21-19(24)20-15-16-7-3-2-4-8-16/h2-10H,11-15H2,1H3,(H2,20,21,24)/p+1. The number of rotatable bonds is 4. The van der Waals surface area contributed by atoms with Gasteiger partial charge < -0.3 is 20.4 Å². The van der Waals surface area contributed by atoms with Crippen molar-refractivity contribution < 1.29 is 4.90 Å². The summed E-state index contributed by atoms with van der Waals surface area (Å²) < 4.78 is 0. The second kappa shape index (κ2) is 8.13. The first-order chi connectivity index (χ1) is 11.7. The molecule has 1 saturated heterocycles. The summed E-state index contributed by atoms with van der Waals surface area (Å²) in [5.41, 5.74) is 3.52. The summed E-state index contributed by atoms with van der Waals surface area (Å²) in [4.78, 5) is 4.03. The van der Waals surface area contributed by atoms with Gasteiger partial charge in [-0.3, -0.25) is 0 Å². The Morgan fingerprint density at radius 3 is 2.46 bits per heavy atom. The maximum Gasteiger partial charge on any atom is 0.171 e. The monoisotopic (exact) mass is 341 g/mol. The largest absolute Gasteiger partial charge is 0.359 e. The first-order valence-electron chi connectivity index (χ1n) is 8.46. The van der Waals surface area contributed by atoms with Gasteiger partial charge >= 0.3 is 0 Å². The van der Waals surface area contributed by atoms with Crippen molar-refractivity contribution in [2.24, 2.45) is 0 Å². The van der Waals surface area contributed by atoms with Crippen molar-refractivity contribution >= 4 is 28.7 Å². The van der Waals surface area contributed by atoms with Gasteiger partial charge in [0.1, 0.15) is 0 Å². The lowest BCUT2D eigenvalue weighted by Crippen LogP contribution is -3.12. The van der Waals surface area contributed by atoms with E-state index >= 15 is 0 Å². The van der Waals surface area contributed by atoms with Gasteiger partial charge in [0.15, 0.2) is 5.11 Å². The molecule has 24 heavy (non-hydrogen) atoms. The second-order valence-electron chi connectivity index (χ2n) is 6.25. The van der Waals surface area contributed by atoms with Gasteiger partial charge in [-0.1, -0.05) is 42.5 Å². The van der Waals surface area contributed by atoms with Crippen molar-refractivity contribution in [3.63, 3.8) is 0 Å². The van der Waals surface area contributed by atoms with Gasteiger partial charge in [0, 0.05) is 6.54 Å². The number of anilines is 2. The molecule has 1 aliphatic heterocycles. The molecule has 1 aliphatic rings. The molecular formula is C19H25N4S+. The van der Waals surface area contributed by atoms with Gasteiger partial charge in [-0.2, -0.15) is 0 Å². The smallest absolute Gasteiger partial charge is 0.171 e. The summed E-state index contributed by atoms with van der Waals surface area (Å²) in [6.07, 6.45) is 0. The molecule has 2 aromatic rings. The maximum atomic E-state index is 5.47. The van der Waals surface area contributed by atoms with Crippen LogP contribution in [0.5, 0.6) is 0 Å². The molecule has 3 rings (SSSR count). The lowest BCUT2D eigenvalue weighted by molar-refractivity contribution is -0.880. The summed E-state index contributed by atoms with van der Waals surface area (Å²) in [6, 6.07) is 18.7. The van der Waals surface area contributed by atoms with Crippen LogP contribution >= 0.6 is 12.2 Å². The van der Waals surface area contributed by atoms with Crippen LogP contribution in [0.3, 0.4) is 0 Å². The third-order valence-corrected chi connectivity index (χ3v) is 4.65. The predicted molar refractivity (Wildman–Crippen MR) is 105 cm³/mol. The first-order valence-corrected chi connectivity index (χ1v) is 8.87. The molecule has 0 bridgehead atoms. The number of para-hydroxylation sites is 2. The number of thiocarbonyl (C=S) groups is 1. The molecule has 3 N–H and O–H groups in total. The molecule has 0 unspecified atom stereocenters. The molecule has 0 radical (unpaired) electrons. The van der Waals surface area contributed by atoms with Crippen LogP contribution in [-0.4, -0.2) is 38.3 Å². The Morgan fingerprint density at radius 1 is 1.04 bits per heavy atom. The fraction of sp³-hybridized carbons (Fsp3) is 0.316. The number of nitrogens with zero attached hydrogens (tertiary/aromatic N) is 1. The van der Waals surface area contributed by atoms with E-state index in [1.165, 1.54) is 24.3 Å². The number of likely N-dealkylation sites (N-methyl/N-ethyl adjacent to an activating group) is 1. The van der Waals surface area contributed by atoms with Crippen LogP contribution in [0, 0.1) is 0 Å². The molecule has 0 saturated carbocycles. The zero-order valence-corrected chi connectivity index (χ0v) is 14.9. The molecule has 5 heteroatoms. The molecule has 0 aromatic heterocycles. The number of nitrogens with one attached hydrogen (secondary N) is 3. The van der Waals surface area contributed by atoms with E-state index in [0.717, 1.165) is 25.3 Å². The fourth-order valence-corrected chi connectivity index (χ4v) is 3.11. The molecule has 126 valence electrons. The van der Waals surface area contributed by atoms with Crippen LogP contribution in [0.1, 0.15) is 5.56 Å². The van der Waals surface area contributed by atoms with E-state index in [0.29, 0.717) is 5.11 Å². The van der Waals surface area contributed by atoms with Crippen molar-refractivity contribution in [2.45, 2.75) is 6.54 Å². The number of hydrogen-bond acceptors (Lipinski definition) is 2. The van der Waals surface area contributed by atoms with Crippen molar-refractivity contribution in [3.8, 4) is 0 Å². The molecule has 2 aromatic carbocycles. The van der Waals surface area contributed by atoms with Crippen LogP contribution in [0.2, 0.25) is 0 Å². The highest BCUT2D eigenvalue weighted by atomic mass is 32.1. The number of quaternary nitrogens is 1. The summed E-state index contributed by atoms with van der Waals surface area (Å²) in [6.45, 7) is 5.23.